The summed E-state index contributed by atoms with van der Waals surface area (Å²) in [6, 6.07) is 8.02. The first kappa shape index (κ1) is 20.3. The summed E-state index contributed by atoms with van der Waals surface area (Å²) in [5.74, 6) is -0.950. The molecule has 0 saturated heterocycles. The number of aryl methyl sites for hydroxylation is 2. The fourth-order valence-electron chi connectivity index (χ4n) is 2.43. The molecule has 0 saturated carbocycles. The summed E-state index contributed by atoms with van der Waals surface area (Å²) in [5.41, 5.74) is 2.73. The van der Waals surface area contributed by atoms with Crippen LogP contribution in [0.4, 0.5) is 5.69 Å². The Hall–Kier alpha value is -3.00. The lowest BCUT2D eigenvalue weighted by molar-refractivity contribution is -0.131. The molecular formula is C19H21NO6S. The van der Waals surface area contributed by atoms with E-state index >= 15 is 0 Å². The van der Waals surface area contributed by atoms with E-state index in [1.165, 1.54) is 32.4 Å². The highest BCUT2D eigenvalue weighted by Gasteiger charge is 2.24. The van der Waals surface area contributed by atoms with Gasteiger partial charge in [-0.25, -0.2) is 13.2 Å². The maximum atomic E-state index is 12.9. The Labute approximate surface area is 158 Å². The van der Waals surface area contributed by atoms with Crippen molar-refractivity contribution in [1.29, 1.82) is 0 Å². The van der Waals surface area contributed by atoms with Crippen molar-refractivity contribution in [3.05, 3.63) is 53.1 Å². The average molecular weight is 391 g/mol. The number of anilines is 1. The highest BCUT2D eigenvalue weighted by Crippen LogP contribution is 2.37. The highest BCUT2D eigenvalue weighted by atomic mass is 32.2. The number of carboxylic acids is 1. The number of methoxy groups -OCH3 is 2. The van der Waals surface area contributed by atoms with E-state index in [0.717, 1.165) is 17.2 Å². The van der Waals surface area contributed by atoms with Crippen LogP contribution in [0.1, 0.15) is 16.7 Å². The van der Waals surface area contributed by atoms with Crippen LogP contribution in [0.3, 0.4) is 0 Å². The van der Waals surface area contributed by atoms with Crippen molar-refractivity contribution in [2.24, 2.45) is 0 Å². The second kappa shape index (κ2) is 8.13. The third-order valence-electron chi connectivity index (χ3n) is 3.93. The first-order valence-electron chi connectivity index (χ1n) is 7.95. The number of ether oxygens (including phenoxy) is 2. The van der Waals surface area contributed by atoms with E-state index in [1.54, 1.807) is 12.1 Å². The van der Waals surface area contributed by atoms with E-state index in [2.05, 4.69) is 4.72 Å². The van der Waals surface area contributed by atoms with Crippen LogP contribution in [0.2, 0.25) is 0 Å². The molecule has 0 aliphatic heterocycles. The van der Waals surface area contributed by atoms with Crippen LogP contribution in [0.15, 0.2) is 41.3 Å². The monoisotopic (exact) mass is 391 g/mol. The van der Waals surface area contributed by atoms with Crippen LogP contribution < -0.4 is 14.2 Å². The SMILES string of the molecule is COc1cc(/C=C/C(=O)O)cc(S(=O)(=O)Nc2ccc(C)c(C)c2)c1OC. The molecule has 144 valence electrons. The van der Waals surface area contributed by atoms with Crippen LogP contribution >= 0.6 is 0 Å². The Morgan fingerprint density at radius 1 is 1.07 bits per heavy atom. The predicted molar refractivity (Wildman–Crippen MR) is 103 cm³/mol. The van der Waals surface area contributed by atoms with E-state index in [4.69, 9.17) is 14.6 Å². The first-order chi connectivity index (χ1) is 12.7. The van der Waals surface area contributed by atoms with Gasteiger partial charge in [-0.3, -0.25) is 4.72 Å². The van der Waals surface area contributed by atoms with Gasteiger partial charge in [0, 0.05) is 11.8 Å². The van der Waals surface area contributed by atoms with Gasteiger partial charge in [0.2, 0.25) is 0 Å². The molecule has 0 atom stereocenters. The van der Waals surface area contributed by atoms with Gasteiger partial charge >= 0.3 is 5.97 Å². The summed E-state index contributed by atoms with van der Waals surface area (Å²) in [6.07, 6.45) is 2.19. The van der Waals surface area contributed by atoms with Crippen LogP contribution in [0.25, 0.3) is 6.08 Å². The van der Waals surface area contributed by atoms with E-state index in [-0.39, 0.29) is 16.4 Å². The predicted octanol–water partition coefficient (Wildman–Crippen LogP) is 3.22. The van der Waals surface area contributed by atoms with Gasteiger partial charge in [-0.1, -0.05) is 6.07 Å². The van der Waals surface area contributed by atoms with Gasteiger partial charge in [0.1, 0.15) is 4.90 Å². The standard InChI is InChI=1S/C19H21NO6S/c1-12-5-7-15(9-13(12)2)20-27(23,24)17-11-14(6-8-18(21)22)10-16(25-3)19(17)26-4/h5-11,20H,1-4H3,(H,21,22)/b8-6+. The number of hydrogen-bond acceptors (Lipinski definition) is 5. The zero-order chi connectivity index (χ0) is 20.2. The molecule has 27 heavy (non-hydrogen) atoms. The Kier molecular flexibility index (Phi) is 6.12. The van der Waals surface area contributed by atoms with Crippen LogP contribution in [0.5, 0.6) is 11.5 Å². The van der Waals surface area contributed by atoms with Crippen molar-refractivity contribution in [3.8, 4) is 11.5 Å². The van der Waals surface area contributed by atoms with Crippen LogP contribution in [0, 0.1) is 13.8 Å². The molecule has 2 rings (SSSR count). The number of aliphatic carboxylic acids is 1. The number of benzene rings is 2. The normalized spacial score (nSPS) is 11.4. The van der Waals surface area contributed by atoms with Crippen molar-refractivity contribution in [2.75, 3.05) is 18.9 Å². The molecule has 0 aliphatic carbocycles. The van der Waals surface area contributed by atoms with Crippen LogP contribution in [-0.4, -0.2) is 33.7 Å². The number of carboxylic acid groups (broad SMARTS) is 1. The second-order valence-corrected chi connectivity index (χ2v) is 7.48. The molecule has 0 amide bonds. The minimum absolute atomic E-state index is 0.0290. The van der Waals surface area contributed by atoms with E-state index < -0.39 is 16.0 Å². The molecular weight excluding hydrogens is 370 g/mol. The lowest BCUT2D eigenvalue weighted by atomic mass is 10.1. The van der Waals surface area contributed by atoms with Gasteiger partial charge in [0.25, 0.3) is 10.0 Å². The third-order valence-corrected chi connectivity index (χ3v) is 5.32. The second-order valence-electron chi connectivity index (χ2n) is 5.83. The van der Waals surface area contributed by atoms with Gasteiger partial charge in [0.05, 0.1) is 14.2 Å². The van der Waals surface area contributed by atoms with E-state index in [9.17, 15) is 13.2 Å². The van der Waals surface area contributed by atoms with Gasteiger partial charge < -0.3 is 14.6 Å². The zero-order valence-corrected chi connectivity index (χ0v) is 16.3. The van der Waals surface area contributed by atoms with Crippen molar-refractivity contribution >= 4 is 27.8 Å². The number of hydrogen-bond donors (Lipinski definition) is 2. The summed E-state index contributed by atoms with van der Waals surface area (Å²) < 4.78 is 38.9. The summed E-state index contributed by atoms with van der Waals surface area (Å²) in [5, 5.41) is 8.80. The molecule has 0 unspecified atom stereocenters. The fraction of sp³-hybridized carbons (Fsp3) is 0.211. The summed E-state index contributed by atoms with van der Waals surface area (Å²) in [4.78, 5) is 10.6. The Bertz CT molecular complexity index is 995. The zero-order valence-electron chi connectivity index (χ0n) is 15.4. The number of nitrogens with one attached hydrogen (secondary N) is 1. The lowest BCUT2D eigenvalue weighted by Gasteiger charge is -2.16. The molecule has 0 bridgehead atoms. The maximum absolute atomic E-state index is 12.9. The summed E-state index contributed by atoms with van der Waals surface area (Å²) >= 11 is 0. The molecule has 0 fully saturated rings. The van der Waals surface area contributed by atoms with Crippen molar-refractivity contribution in [3.63, 3.8) is 0 Å². The molecule has 0 aromatic heterocycles. The summed E-state index contributed by atoms with van der Waals surface area (Å²) in [6.45, 7) is 3.81. The molecule has 7 nitrogen and oxygen atoms in total. The molecule has 0 spiro atoms. The average Bonchev–Trinajstić information content (AvgIpc) is 2.61. The number of carbonyl (C=O) groups is 1. The largest absolute Gasteiger partial charge is 0.493 e. The summed E-state index contributed by atoms with van der Waals surface area (Å²) in [7, 11) is -1.31. The Morgan fingerprint density at radius 3 is 2.33 bits per heavy atom. The van der Waals surface area contributed by atoms with Crippen molar-refractivity contribution in [1.82, 2.24) is 0 Å². The lowest BCUT2D eigenvalue weighted by Crippen LogP contribution is -2.15. The molecule has 0 radical (unpaired) electrons. The van der Waals surface area contributed by atoms with Gasteiger partial charge in [-0.05, 0) is 60.9 Å². The molecule has 2 aromatic rings. The van der Waals surface area contributed by atoms with E-state index in [1.807, 2.05) is 19.9 Å². The number of rotatable bonds is 7. The van der Waals surface area contributed by atoms with Crippen LogP contribution in [-0.2, 0) is 14.8 Å². The third kappa shape index (κ3) is 4.79. The molecule has 2 N–H and O–H groups in total. The van der Waals surface area contributed by atoms with Crippen molar-refractivity contribution < 1.29 is 27.8 Å². The quantitative estimate of drug-likeness (QED) is 0.703. The van der Waals surface area contributed by atoms with Gasteiger partial charge in [0.15, 0.2) is 11.5 Å². The molecule has 0 heterocycles. The maximum Gasteiger partial charge on any atom is 0.328 e. The smallest absolute Gasteiger partial charge is 0.328 e. The molecule has 0 aliphatic rings. The topological polar surface area (TPSA) is 102 Å². The number of sulfonamides is 1. The van der Waals surface area contributed by atoms with E-state index in [0.29, 0.717) is 11.3 Å². The Morgan fingerprint density at radius 2 is 1.78 bits per heavy atom. The first-order valence-corrected chi connectivity index (χ1v) is 9.43. The molecule has 8 heteroatoms. The highest BCUT2D eigenvalue weighted by molar-refractivity contribution is 7.92. The Balaban J connectivity index is 2.56. The molecule has 2 aromatic carbocycles. The van der Waals surface area contributed by atoms with Gasteiger partial charge in [-0.2, -0.15) is 0 Å². The minimum Gasteiger partial charge on any atom is -0.493 e. The fourth-order valence-corrected chi connectivity index (χ4v) is 3.69. The minimum atomic E-state index is -4.02. The van der Waals surface area contributed by atoms with Crippen molar-refractivity contribution in [2.45, 2.75) is 18.7 Å². The van der Waals surface area contributed by atoms with Gasteiger partial charge in [-0.15, -0.1) is 0 Å².